The molecule has 1 aliphatic heterocycles. The molecule has 2 aromatic carbocycles. The van der Waals surface area contributed by atoms with Crippen LogP contribution in [0.3, 0.4) is 0 Å². The van der Waals surface area contributed by atoms with Crippen LogP contribution in [0.15, 0.2) is 48.5 Å². The van der Waals surface area contributed by atoms with Gasteiger partial charge in [0.15, 0.2) is 0 Å². The van der Waals surface area contributed by atoms with Crippen LogP contribution < -0.4 is 9.64 Å². The number of carbonyl (C=O) groups excluding carboxylic acids is 1. The maximum Gasteiger partial charge on any atom is 0.224 e. The highest BCUT2D eigenvalue weighted by Gasteiger charge is 2.33. The number of rotatable bonds is 2. The molecule has 0 saturated heterocycles. The molecule has 4 heteroatoms. The largest absolute Gasteiger partial charge is 0.486 e. The molecule has 0 fully saturated rings. The fraction of sp³-hybridized carbons (Fsp3) is 0.278. The van der Waals surface area contributed by atoms with Gasteiger partial charge >= 0.3 is 0 Å². The summed E-state index contributed by atoms with van der Waals surface area (Å²) in [6, 6.07) is 14.0. The van der Waals surface area contributed by atoms with Gasteiger partial charge in [-0.1, -0.05) is 18.2 Å². The lowest BCUT2D eigenvalue weighted by Gasteiger charge is -2.38. The number of fused-ring (bicyclic) bond motifs is 1. The number of benzene rings is 2. The Labute approximate surface area is 129 Å². The van der Waals surface area contributed by atoms with E-state index in [0.717, 1.165) is 17.0 Å². The Morgan fingerprint density at radius 1 is 1.23 bits per heavy atom. The van der Waals surface area contributed by atoms with Crippen molar-refractivity contribution in [1.29, 1.82) is 0 Å². The summed E-state index contributed by atoms with van der Waals surface area (Å²) in [5.41, 5.74) is 1.45. The van der Waals surface area contributed by atoms with Gasteiger partial charge in [0.25, 0.3) is 0 Å². The standard InChI is InChI=1S/C18H18FNO2/c1-12-10-18(22-15-6-4-3-5-7-15)16-11-14(19)8-9-17(16)20(12)13(2)21/h3-9,11-12,18H,10H2,1-2H3. The summed E-state index contributed by atoms with van der Waals surface area (Å²) in [6.07, 6.45) is 0.365. The van der Waals surface area contributed by atoms with Crippen molar-refractivity contribution in [3.8, 4) is 5.75 Å². The lowest BCUT2D eigenvalue weighted by molar-refractivity contribution is -0.117. The molecular formula is C18H18FNO2. The lowest BCUT2D eigenvalue weighted by atomic mass is 9.93. The number of anilines is 1. The van der Waals surface area contributed by atoms with E-state index >= 15 is 0 Å². The van der Waals surface area contributed by atoms with Crippen LogP contribution in [0, 0.1) is 5.82 Å². The van der Waals surface area contributed by atoms with Crippen molar-refractivity contribution >= 4 is 11.6 Å². The van der Waals surface area contributed by atoms with Crippen LogP contribution in [0.25, 0.3) is 0 Å². The van der Waals surface area contributed by atoms with Crippen molar-refractivity contribution in [3.63, 3.8) is 0 Å². The van der Waals surface area contributed by atoms with Crippen molar-refractivity contribution in [1.82, 2.24) is 0 Å². The van der Waals surface area contributed by atoms with E-state index in [2.05, 4.69) is 0 Å². The zero-order valence-corrected chi connectivity index (χ0v) is 12.6. The molecule has 0 aliphatic carbocycles. The van der Waals surface area contributed by atoms with Gasteiger partial charge in [-0.15, -0.1) is 0 Å². The average molecular weight is 299 g/mol. The number of hydrogen-bond acceptors (Lipinski definition) is 2. The predicted molar refractivity (Wildman–Crippen MR) is 83.5 cm³/mol. The van der Waals surface area contributed by atoms with E-state index in [1.165, 1.54) is 19.1 Å². The summed E-state index contributed by atoms with van der Waals surface area (Å²) in [4.78, 5) is 13.6. The third-order valence-electron chi connectivity index (χ3n) is 3.95. The Hall–Kier alpha value is -2.36. The molecule has 2 aromatic rings. The van der Waals surface area contributed by atoms with Gasteiger partial charge < -0.3 is 9.64 Å². The fourth-order valence-electron chi connectivity index (χ4n) is 3.04. The molecular weight excluding hydrogens is 281 g/mol. The van der Waals surface area contributed by atoms with E-state index < -0.39 is 0 Å². The highest BCUT2D eigenvalue weighted by molar-refractivity contribution is 5.93. The first-order valence-electron chi connectivity index (χ1n) is 7.37. The van der Waals surface area contributed by atoms with E-state index in [9.17, 15) is 9.18 Å². The molecule has 22 heavy (non-hydrogen) atoms. The summed E-state index contributed by atoms with van der Waals surface area (Å²) in [5, 5.41) is 0. The zero-order chi connectivity index (χ0) is 15.7. The van der Waals surface area contributed by atoms with Gasteiger partial charge in [-0.2, -0.15) is 0 Å². The number of hydrogen-bond donors (Lipinski definition) is 0. The molecule has 3 rings (SSSR count). The zero-order valence-electron chi connectivity index (χ0n) is 12.6. The first-order valence-corrected chi connectivity index (χ1v) is 7.37. The van der Waals surface area contributed by atoms with Crippen LogP contribution in [-0.2, 0) is 4.79 Å². The minimum atomic E-state index is -0.321. The molecule has 0 bridgehead atoms. The lowest BCUT2D eigenvalue weighted by Crippen LogP contribution is -2.42. The minimum absolute atomic E-state index is 0.00386. The van der Waals surface area contributed by atoms with Crippen molar-refractivity contribution < 1.29 is 13.9 Å². The number of para-hydroxylation sites is 1. The molecule has 1 amide bonds. The maximum atomic E-state index is 13.7. The van der Waals surface area contributed by atoms with E-state index in [-0.39, 0.29) is 23.9 Å². The molecule has 2 unspecified atom stereocenters. The second kappa shape index (κ2) is 5.79. The Bertz CT molecular complexity index is 687. The second-order valence-electron chi connectivity index (χ2n) is 5.60. The number of ether oxygens (including phenoxy) is 1. The first-order chi connectivity index (χ1) is 10.6. The molecule has 1 aliphatic rings. The van der Waals surface area contributed by atoms with Gasteiger partial charge in [-0.3, -0.25) is 4.79 Å². The molecule has 0 N–H and O–H groups in total. The number of nitrogens with zero attached hydrogens (tertiary/aromatic N) is 1. The normalized spacial score (nSPS) is 20.4. The summed E-state index contributed by atoms with van der Waals surface area (Å²) >= 11 is 0. The van der Waals surface area contributed by atoms with E-state index in [1.807, 2.05) is 37.3 Å². The smallest absolute Gasteiger partial charge is 0.224 e. The molecule has 0 aromatic heterocycles. The molecule has 114 valence electrons. The minimum Gasteiger partial charge on any atom is -0.486 e. The van der Waals surface area contributed by atoms with Crippen LogP contribution in [0.4, 0.5) is 10.1 Å². The van der Waals surface area contributed by atoms with Gasteiger partial charge in [0.1, 0.15) is 17.7 Å². The SMILES string of the molecule is CC(=O)N1c2ccc(F)cc2C(Oc2ccccc2)CC1C. The van der Waals surface area contributed by atoms with Crippen molar-refractivity contribution in [2.75, 3.05) is 4.90 Å². The topological polar surface area (TPSA) is 29.5 Å². The number of amides is 1. The van der Waals surface area contributed by atoms with Crippen LogP contribution >= 0.6 is 0 Å². The summed E-state index contributed by atoms with van der Waals surface area (Å²) < 4.78 is 19.7. The third kappa shape index (κ3) is 2.69. The Morgan fingerprint density at radius 3 is 2.64 bits per heavy atom. The van der Waals surface area contributed by atoms with Gasteiger partial charge in [-0.05, 0) is 37.3 Å². The highest BCUT2D eigenvalue weighted by Crippen LogP contribution is 2.40. The molecule has 1 heterocycles. The maximum absolute atomic E-state index is 13.7. The Balaban J connectivity index is 2.00. The summed E-state index contributed by atoms with van der Waals surface area (Å²) in [5.74, 6) is 0.378. The van der Waals surface area contributed by atoms with Crippen LogP contribution in [0.5, 0.6) is 5.75 Å². The van der Waals surface area contributed by atoms with Crippen molar-refractivity contribution in [2.45, 2.75) is 32.4 Å². The quantitative estimate of drug-likeness (QED) is 0.836. The van der Waals surface area contributed by atoms with Gasteiger partial charge in [0.2, 0.25) is 5.91 Å². The summed E-state index contributed by atoms with van der Waals surface area (Å²) in [7, 11) is 0. The monoisotopic (exact) mass is 299 g/mol. The third-order valence-corrected chi connectivity index (χ3v) is 3.95. The van der Waals surface area contributed by atoms with Gasteiger partial charge in [0.05, 0.1) is 5.69 Å². The second-order valence-corrected chi connectivity index (χ2v) is 5.60. The number of halogens is 1. The Morgan fingerprint density at radius 2 is 1.95 bits per heavy atom. The van der Waals surface area contributed by atoms with Crippen molar-refractivity contribution in [3.05, 3.63) is 59.9 Å². The fourth-order valence-corrected chi connectivity index (χ4v) is 3.04. The Kier molecular flexibility index (Phi) is 3.84. The molecule has 0 saturated carbocycles. The van der Waals surface area contributed by atoms with Gasteiger partial charge in [0, 0.05) is 24.9 Å². The molecule has 0 spiro atoms. The van der Waals surface area contributed by atoms with Gasteiger partial charge in [-0.25, -0.2) is 4.39 Å². The highest BCUT2D eigenvalue weighted by atomic mass is 19.1. The predicted octanol–water partition coefficient (Wildman–Crippen LogP) is 4.09. The average Bonchev–Trinajstić information content (AvgIpc) is 2.48. The molecule has 3 nitrogen and oxygen atoms in total. The summed E-state index contributed by atoms with van der Waals surface area (Å²) in [6.45, 7) is 3.51. The first kappa shape index (κ1) is 14.6. The van der Waals surface area contributed by atoms with E-state index in [0.29, 0.717) is 6.42 Å². The van der Waals surface area contributed by atoms with Crippen LogP contribution in [-0.4, -0.2) is 11.9 Å². The molecule has 2 atom stereocenters. The van der Waals surface area contributed by atoms with Crippen LogP contribution in [0.2, 0.25) is 0 Å². The van der Waals surface area contributed by atoms with E-state index in [4.69, 9.17) is 4.74 Å². The number of carbonyl (C=O) groups is 1. The van der Waals surface area contributed by atoms with Crippen LogP contribution in [0.1, 0.15) is 31.9 Å². The molecule has 0 radical (unpaired) electrons. The van der Waals surface area contributed by atoms with E-state index in [1.54, 1.807) is 11.0 Å². The van der Waals surface area contributed by atoms with Crippen molar-refractivity contribution in [2.24, 2.45) is 0 Å².